The number of carbonyl (C=O) groups is 1. The molecule has 0 radical (unpaired) electrons. The summed E-state index contributed by atoms with van der Waals surface area (Å²) < 4.78 is 27.1. The average molecular weight is 316 g/mol. The lowest BCUT2D eigenvalue weighted by molar-refractivity contribution is -0.140. The van der Waals surface area contributed by atoms with E-state index in [1.54, 1.807) is 0 Å². The molecule has 110 valence electrons. The maximum Gasteiger partial charge on any atom is 0.322 e. The van der Waals surface area contributed by atoms with Gasteiger partial charge in [-0.1, -0.05) is 30.3 Å². The Morgan fingerprint density at radius 2 is 2.10 bits per heavy atom. The zero-order valence-corrected chi connectivity index (χ0v) is 12.6. The number of thioether (sulfide) groups is 1. The van der Waals surface area contributed by atoms with Gasteiger partial charge >= 0.3 is 5.97 Å². The third-order valence-corrected chi connectivity index (χ3v) is 6.13. The van der Waals surface area contributed by atoms with E-state index in [2.05, 4.69) is 0 Å². The molecule has 0 aliphatic carbocycles. The Labute approximate surface area is 122 Å². The lowest BCUT2D eigenvalue weighted by atomic mass is 10.2. The van der Waals surface area contributed by atoms with E-state index in [1.807, 2.05) is 30.3 Å². The maximum absolute atomic E-state index is 12.4. The monoisotopic (exact) mass is 316 g/mol. The van der Waals surface area contributed by atoms with Gasteiger partial charge in [-0.2, -0.15) is 17.0 Å². The number of aliphatic carboxylic acids is 1. The van der Waals surface area contributed by atoms with Crippen LogP contribution in [0.5, 0.6) is 0 Å². The maximum atomic E-state index is 12.4. The Morgan fingerprint density at radius 1 is 1.45 bits per heavy atom. The Hall–Kier alpha value is -1.09. The molecule has 1 aliphatic rings. The molecule has 0 bridgehead atoms. The van der Waals surface area contributed by atoms with Crippen LogP contribution in [-0.2, 0) is 21.5 Å². The van der Waals surface area contributed by atoms with Crippen LogP contribution in [0.3, 0.4) is 0 Å². The fraction of sp³-hybridized carbons (Fsp3) is 0.417. The van der Waals surface area contributed by atoms with Crippen molar-refractivity contribution in [3.05, 3.63) is 35.9 Å². The molecule has 1 aromatic rings. The Kier molecular flexibility index (Phi) is 4.69. The lowest BCUT2D eigenvalue weighted by Crippen LogP contribution is -2.47. The summed E-state index contributed by atoms with van der Waals surface area (Å²) in [6, 6.07) is 8.21. The first-order chi connectivity index (χ1) is 9.43. The number of rotatable bonds is 5. The zero-order valence-electron chi connectivity index (χ0n) is 11.0. The minimum atomic E-state index is -3.77. The van der Waals surface area contributed by atoms with Crippen LogP contribution in [0, 0.1) is 0 Å². The normalized spacial score (nSPS) is 20.4. The van der Waals surface area contributed by atoms with E-state index < -0.39 is 22.2 Å². The summed E-state index contributed by atoms with van der Waals surface area (Å²) >= 11 is 1.31. The van der Waals surface area contributed by atoms with Crippen LogP contribution in [0.1, 0.15) is 5.56 Å². The molecular weight excluding hydrogens is 300 g/mol. The third kappa shape index (κ3) is 3.14. The van der Waals surface area contributed by atoms with Crippen molar-refractivity contribution < 1.29 is 18.3 Å². The molecule has 1 aliphatic heterocycles. The summed E-state index contributed by atoms with van der Waals surface area (Å²) in [6.45, 7) is 0.219. The molecule has 1 fully saturated rings. The van der Waals surface area contributed by atoms with Gasteiger partial charge in [0.25, 0.3) is 10.2 Å². The molecule has 1 saturated heterocycles. The summed E-state index contributed by atoms with van der Waals surface area (Å²) in [7, 11) is -2.30. The van der Waals surface area contributed by atoms with E-state index in [4.69, 9.17) is 5.11 Å². The molecule has 6 nitrogen and oxygen atoms in total. The van der Waals surface area contributed by atoms with Crippen LogP contribution < -0.4 is 0 Å². The highest BCUT2D eigenvalue weighted by molar-refractivity contribution is 8.00. The standard InChI is InChI=1S/C12H16N2O4S2/c1-13(7-10-5-3-2-4-6-10)20(17,18)14-9-19-8-11(14)12(15)16/h2-6,11H,7-9H2,1H3,(H,15,16). The average Bonchev–Trinajstić information content (AvgIpc) is 2.89. The fourth-order valence-electron chi connectivity index (χ4n) is 1.95. The molecule has 8 heteroatoms. The van der Waals surface area contributed by atoms with Crippen LogP contribution in [0.2, 0.25) is 0 Å². The van der Waals surface area contributed by atoms with Crippen molar-refractivity contribution in [2.24, 2.45) is 0 Å². The van der Waals surface area contributed by atoms with Crippen molar-refractivity contribution in [3.8, 4) is 0 Å². The molecule has 1 N–H and O–H groups in total. The number of hydrogen-bond acceptors (Lipinski definition) is 4. The minimum absolute atomic E-state index is 0.179. The van der Waals surface area contributed by atoms with Crippen molar-refractivity contribution >= 4 is 27.9 Å². The molecule has 0 aromatic heterocycles. The van der Waals surface area contributed by atoms with E-state index in [0.717, 1.165) is 9.87 Å². The van der Waals surface area contributed by atoms with Crippen LogP contribution in [0.25, 0.3) is 0 Å². The molecule has 1 heterocycles. The SMILES string of the molecule is CN(Cc1ccccc1)S(=O)(=O)N1CSCC1C(=O)O. The van der Waals surface area contributed by atoms with E-state index in [0.29, 0.717) is 0 Å². The van der Waals surface area contributed by atoms with Crippen molar-refractivity contribution in [2.45, 2.75) is 12.6 Å². The highest BCUT2D eigenvalue weighted by Crippen LogP contribution is 2.26. The minimum Gasteiger partial charge on any atom is -0.480 e. The first-order valence-electron chi connectivity index (χ1n) is 6.00. The molecule has 1 aromatic carbocycles. The number of benzene rings is 1. The Balaban J connectivity index is 2.15. The van der Waals surface area contributed by atoms with Crippen molar-refractivity contribution in [1.29, 1.82) is 0 Å². The van der Waals surface area contributed by atoms with Gasteiger partial charge in [0, 0.05) is 19.3 Å². The predicted molar refractivity (Wildman–Crippen MR) is 77.4 cm³/mol. The van der Waals surface area contributed by atoms with Crippen LogP contribution in [0.15, 0.2) is 30.3 Å². The van der Waals surface area contributed by atoms with Gasteiger partial charge in [0.2, 0.25) is 0 Å². The first-order valence-corrected chi connectivity index (χ1v) is 8.55. The van der Waals surface area contributed by atoms with Crippen molar-refractivity contribution in [1.82, 2.24) is 8.61 Å². The summed E-state index contributed by atoms with van der Waals surface area (Å²) in [5.74, 6) is -0.640. The Bertz CT molecular complexity index is 576. The van der Waals surface area contributed by atoms with Gasteiger partial charge in [0.05, 0.1) is 5.88 Å². The smallest absolute Gasteiger partial charge is 0.322 e. The van der Waals surface area contributed by atoms with Gasteiger partial charge in [-0.05, 0) is 5.56 Å². The number of hydrogen-bond donors (Lipinski definition) is 1. The van der Waals surface area contributed by atoms with E-state index >= 15 is 0 Å². The van der Waals surface area contributed by atoms with Gasteiger partial charge in [-0.15, -0.1) is 11.8 Å². The molecule has 1 unspecified atom stereocenters. The molecular formula is C12H16N2O4S2. The second kappa shape index (κ2) is 6.13. The van der Waals surface area contributed by atoms with Crippen LogP contribution in [0.4, 0.5) is 0 Å². The van der Waals surface area contributed by atoms with Crippen molar-refractivity contribution in [3.63, 3.8) is 0 Å². The van der Waals surface area contributed by atoms with Gasteiger partial charge in [0.15, 0.2) is 0 Å². The van der Waals surface area contributed by atoms with Gasteiger partial charge < -0.3 is 5.11 Å². The van der Waals surface area contributed by atoms with E-state index in [9.17, 15) is 13.2 Å². The topological polar surface area (TPSA) is 77.9 Å². The predicted octanol–water partition coefficient (Wildman–Crippen LogP) is 0.823. The molecule has 0 amide bonds. The van der Waals surface area contributed by atoms with E-state index in [1.165, 1.54) is 23.1 Å². The number of nitrogens with zero attached hydrogens (tertiary/aromatic N) is 2. The summed E-state index contributed by atoms with van der Waals surface area (Å²) in [5, 5.41) is 9.08. The molecule has 20 heavy (non-hydrogen) atoms. The highest BCUT2D eigenvalue weighted by atomic mass is 32.2. The summed E-state index contributed by atoms with van der Waals surface area (Å²) in [6.07, 6.45) is 0. The van der Waals surface area contributed by atoms with Crippen LogP contribution in [-0.4, -0.2) is 52.8 Å². The second-order valence-electron chi connectivity index (χ2n) is 4.49. The third-order valence-electron chi connectivity index (χ3n) is 3.07. The lowest BCUT2D eigenvalue weighted by Gasteiger charge is -2.26. The number of carboxylic acid groups (broad SMARTS) is 1. The highest BCUT2D eigenvalue weighted by Gasteiger charge is 2.41. The first kappa shape index (κ1) is 15.3. The molecule has 1 atom stereocenters. The summed E-state index contributed by atoms with van der Waals surface area (Å²) in [4.78, 5) is 11.1. The van der Waals surface area contributed by atoms with Gasteiger partial charge in [-0.25, -0.2) is 0 Å². The number of carboxylic acids is 1. The van der Waals surface area contributed by atoms with E-state index in [-0.39, 0.29) is 18.2 Å². The summed E-state index contributed by atoms with van der Waals surface area (Å²) in [5.41, 5.74) is 0.859. The fourth-order valence-corrected chi connectivity index (χ4v) is 4.97. The van der Waals surface area contributed by atoms with Crippen LogP contribution >= 0.6 is 11.8 Å². The van der Waals surface area contributed by atoms with Gasteiger partial charge in [-0.3, -0.25) is 4.79 Å². The van der Waals surface area contributed by atoms with Crippen molar-refractivity contribution in [2.75, 3.05) is 18.7 Å². The Morgan fingerprint density at radius 3 is 2.70 bits per heavy atom. The zero-order chi connectivity index (χ0) is 14.8. The molecule has 2 rings (SSSR count). The second-order valence-corrected chi connectivity index (χ2v) is 7.48. The molecule has 0 saturated carbocycles. The quantitative estimate of drug-likeness (QED) is 0.870. The molecule has 0 spiro atoms. The van der Waals surface area contributed by atoms with Gasteiger partial charge in [0.1, 0.15) is 6.04 Å². The largest absolute Gasteiger partial charge is 0.480 e.